The van der Waals surface area contributed by atoms with E-state index in [4.69, 9.17) is 13.7 Å². The summed E-state index contributed by atoms with van der Waals surface area (Å²) in [7, 11) is 0.0429. The molecule has 0 bridgehead atoms. The third-order valence-electron chi connectivity index (χ3n) is 9.49. The van der Waals surface area contributed by atoms with E-state index in [2.05, 4.69) is 79.7 Å². The molecule has 262 valence electrons. The number of hydrogen-bond donors (Lipinski definition) is 0. The van der Waals surface area contributed by atoms with Gasteiger partial charge in [0, 0.05) is 41.1 Å². The lowest BCUT2D eigenvalue weighted by molar-refractivity contribution is -0.436. The summed E-state index contributed by atoms with van der Waals surface area (Å²) in [6.07, 6.45) is 13.6. The fraction of sp³-hybridized carbons (Fsp3) is 0.410. The number of ether oxygens (including phenoxy) is 2. The van der Waals surface area contributed by atoms with Crippen LogP contribution >= 0.6 is 0 Å². The molecule has 0 fully saturated rings. The number of anilines is 1. The molecule has 0 spiro atoms. The molecule has 2 heterocycles. The largest absolute Gasteiger partial charge is 0.469 e. The smallest absolute Gasteiger partial charge is 0.311 e. The Morgan fingerprint density at radius 1 is 0.898 bits per heavy atom. The van der Waals surface area contributed by atoms with Crippen molar-refractivity contribution in [2.45, 2.75) is 76.5 Å². The molecule has 0 saturated heterocycles. The number of rotatable bonds is 13. The van der Waals surface area contributed by atoms with Gasteiger partial charge in [0.25, 0.3) is 10.1 Å². The molecule has 9 nitrogen and oxygen atoms in total. The van der Waals surface area contributed by atoms with Crippen LogP contribution < -0.4 is 4.90 Å². The first kappa shape index (κ1) is 37.5. The lowest BCUT2D eigenvalue weighted by Crippen LogP contribution is -2.28. The van der Waals surface area contributed by atoms with Gasteiger partial charge in [0.15, 0.2) is 12.3 Å². The van der Waals surface area contributed by atoms with Gasteiger partial charge >= 0.3 is 11.9 Å². The lowest BCUT2D eigenvalue weighted by atomic mass is 9.81. The van der Waals surface area contributed by atoms with Crippen LogP contribution in [0.4, 0.5) is 11.4 Å². The maximum atomic E-state index is 12.5. The highest BCUT2D eigenvalue weighted by Crippen LogP contribution is 2.48. The molecule has 0 aliphatic carbocycles. The van der Waals surface area contributed by atoms with E-state index >= 15 is 0 Å². The molecule has 2 aliphatic heterocycles. The number of allylic oxidation sites excluding steroid dienone is 8. The number of aryl methyl sites for hydroxylation is 1. The number of methoxy groups -OCH3 is 2. The first-order valence-corrected chi connectivity index (χ1v) is 17.9. The van der Waals surface area contributed by atoms with Crippen molar-refractivity contribution in [3.63, 3.8) is 0 Å². The van der Waals surface area contributed by atoms with E-state index in [1.165, 1.54) is 31.4 Å². The number of carbonyl (C=O) groups is 2. The van der Waals surface area contributed by atoms with Crippen LogP contribution in [-0.4, -0.2) is 65.1 Å². The summed E-state index contributed by atoms with van der Waals surface area (Å²) < 4.78 is 41.9. The predicted molar refractivity (Wildman–Crippen MR) is 193 cm³/mol. The molecule has 49 heavy (non-hydrogen) atoms. The predicted octanol–water partition coefficient (Wildman–Crippen LogP) is 6.96. The van der Waals surface area contributed by atoms with Gasteiger partial charge in [-0.15, -0.1) is 0 Å². The summed E-state index contributed by atoms with van der Waals surface area (Å²) in [5, 5.41) is 0. The van der Waals surface area contributed by atoms with Gasteiger partial charge in [0.05, 0.1) is 38.1 Å². The molecule has 10 heteroatoms. The molecule has 0 amide bonds. The topological polar surface area (TPSA) is 102 Å². The molecule has 0 N–H and O–H groups in total. The van der Waals surface area contributed by atoms with Crippen LogP contribution in [0.5, 0.6) is 0 Å². The first-order chi connectivity index (χ1) is 23.1. The summed E-state index contributed by atoms with van der Waals surface area (Å²) in [6, 6.07) is 11.4. The Balaban J connectivity index is 1.67. The maximum Gasteiger partial charge on any atom is 0.311 e. The van der Waals surface area contributed by atoms with E-state index in [1.54, 1.807) is 12.1 Å². The van der Waals surface area contributed by atoms with Crippen LogP contribution in [-0.2, 0) is 44.2 Å². The Morgan fingerprint density at radius 2 is 1.59 bits per heavy atom. The first-order valence-electron chi connectivity index (χ1n) is 16.5. The second-order valence-electron chi connectivity index (χ2n) is 13.3. The molecule has 0 aromatic heterocycles. The molecular formula is C39H49N2O7S+. The molecule has 4 rings (SSSR count). The minimum atomic E-state index is -3.88. The molecule has 0 radical (unpaired) electrons. The number of benzene rings is 2. The van der Waals surface area contributed by atoms with Gasteiger partial charge in [-0.3, -0.25) is 13.8 Å². The zero-order valence-electron chi connectivity index (χ0n) is 30.1. The summed E-state index contributed by atoms with van der Waals surface area (Å²) in [5.74, 6) is -0.569. The Bertz CT molecular complexity index is 1880. The van der Waals surface area contributed by atoms with Crippen LogP contribution in [0.1, 0.15) is 70.6 Å². The highest BCUT2D eigenvalue weighted by Gasteiger charge is 2.44. The number of nitrogens with zero attached hydrogens (tertiary/aromatic N) is 2. The number of esters is 2. The number of carbonyl (C=O) groups excluding carboxylic acids is 2. The third kappa shape index (κ3) is 7.81. The quantitative estimate of drug-likeness (QED) is 0.0963. The van der Waals surface area contributed by atoms with Crippen molar-refractivity contribution < 1.29 is 36.2 Å². The van der Waals surface area contributed by atoms with E-state index in [-0.39, 0.29) is 35.1 Å². The van der Waals surface area contributed by atoms with Crippen LogP contribution in [0.25, 0.3) is 0 Å². The molecule has 0 atom stereocenters. The standard InChI is InChI=1S/C39H49N2O7S/c1-10-28(13-11-15-34-38(3,4)30-25-27(2)17-19-32(30)40(34)23-21-36(42)46-7)14-12-16-35-39(5,6)31-26-29(49(44,45)48-9)18-20-33(31)41(35)24-22-37(43)47-8/h11-20,25-26H,10,21-24H2,1-9H3/q+1. The molecule has 0 saturated carbocycles. The minimum absolute atomic E-state index is 0.0833. The zero-order valence-corrected chi connectivity index (χ0v) is 30.9. The zero-order chi connectivity index (χ0) is 36.1. The van der Waals surface area contributed by atoms with Gasteiger partial charge in [-0.25, -0.2) is 0 Å². The third-order valence-corrected chi connectivity index (χ3v) is 10.8. The fourth-order valence-electron chi connectivity index (χ4n) is 6.60. The van der Waals surface area contributed by atoms with Crippen LogP contribution in [0, 0.1) is 6.92 Å². The van der Waals surface area contributed by atoms with Gasteiger partial charge < -0.3 is 14.4 Å². The Kier molecular flexibility index (Phi) is 11.6. The molecule has 0 unspecified atom stereocenters. The van der Waals surface area contributed by atoms with Crippen LogP contribution in [0.15, 0.2) is 89.0 Å². The average molecular weight is 690 g/mol. The Labute approximate surface area is 291 Å². The molecule has 2 aromatic carbocycles. The summed E-state index contributed by atoms with van der Waals surface area (Å²) in [5.41, 5.74) is 7.51. The van der Waals surface area contributed by atoms with Crippen molar-refractivity contribution in [2.75, 3.05) is 39.3 Å². The van der Waals surface area contributed by atoms with E-state index in [0.29, 0.717) is 13.1 Å². The summed E-state index contributed by atoms with van der Waals surface area (Å²) >= 11 is 0. The highest BCUT2D eigenvalue weighted by atomic mass is 32.2. The highest BCUT2D eigenvalue weighted by molar-refractivity contribution is 7.86. The average Bonchev–Trinajstić information content (AvgIpc) is 3.42. The monoisotopic (exact) mass is 689 g/mol. The Hall–Kier alpha value is -4.28. The van der Waals surface area contributed by atoms with Crippen molar-refractivity contribution >= 4 is 39.1 Å². The minimum Gasteiger partial charge on any atom is -0.469 e. The SMILES string of the molecule is CCC(/C=C/C=C1/N(CCC(=O)OC)c2ccc(S(=O)(=O)OC)cc2C1(C)C)=C\C=C\C1=[N+](CCC(=O)OC)c2ccc(C)cc2C1(C)C. The molecular weight excluding hydrogens is 641 g/mol. The van der Waals surface area contributed by atoms with Crippen molar-refractivity contribution in [3.8, 4) is 0 Å². The van der Waals surface area contributed by atoms with Gasteiger partial charge in [-0.05, 0) is 68.7 Å². The summed E-state index contributed by atoms with van der Waals surface area (Å²) in [6.45, 7) is 13.6. The fourth-order valence-corrected chi connectivity index (χ4v) is 7.29. The second-order valence-corrected chi connectivity index (χ2v) is 15.0. The molecule has 2 aromatic rings. The van der Waals surface area contributed by atoms with Gasteiger partial charge in [0.1, 0.15) is 6.42 Å². The van der Waals surface area contributed by atoms with Gasteiger partial charge in [-0.1, -0.05) is 56.7 Å². The van der Waals surface area contributed by atoms with Crippen LogP contribution in [0.3, 0.4) is 0 Å². The molecule has 2 aliphatic rings. The van der Waals surface area contributed by atoms with Crippen molar-refractivity contribution in [1.82, 2.24) is 0 Å². The Morgan fingerprint density at radius 3 is 2.24 bits per heavy atom. The van der Waals surface area contributed by atoms with Gasteiger partial charge in [-0.2, -0.15) is 13.0 Å². The van der Waals surface area contributed by atoms with E-state index in [9.17, 15) is 18.0 Å². The van der Waals surface area contributed by atoms with Crippen molar-refractivity contribution in [3.05, 3.63) is 101 Å². The normalized spacial score (nSPS) is 17.7. The summed E-state index contributed by atoms with van der Waals surface area (Å²) in [4.78, 5) is 26.3. The second kappa shape index (κ2) is 15.1. The van der Waals surface area contributed by atoms with E-state index in [0.717, 1.165) is 47.5 Å². The maximum absolute atomic E-state index is 12.5. The lowest BCUT2D eigenvalue weighted by Gasteiger charge is -2.26. The number of hydrogen-bond acceptors (Lipinski definition) is 8. The van der Waals surface area contributed by atoms with E-state index < -0.39 is 15.5 Å². The van der Waals surface area contributed by atoms with Crippen molar-refractivity contribution in [2.24, 2.45) is 0 Å². The number of fused-ring (bicyclic) bond motifs is 2. The van der Waals surface area contributed by atoms with Crippen LogP contribution in [0.2, 0.25) is 0 Å². The van der Waals surface area contributed by atoms with Crippen molar-refractivity contribution in [1.29, 1.82) is 0 Å². The van der Waals surface area contributed by atoms with Gasteiger partial charge in [0.2, 0.25) is 5.69 Å². The van der Waals surface area contributed by atoms with E-state index in [1.807, 2.05) is 26.0 Å².